The van der Waals surface area contributed by atoms with E-state index in [4.69, 9.17) is 10.7 Å². The van der Waals surface area contributed by atoms with Crippen LogP contribution < -0.4 is 0 Å². The van der Waals surface area contributed by atoms with Crippen molar-refractivity contribution in [3.05, 3.63) is 0 Å². The monoisotopic (exact) mass is 196 g/mol. The summed E-state index contributed by atoms with van der Waals surface area (Å²) in [4.78, 5) is 7.08. The lowest BCUT2D eigenvalue weighted by atomic mass is 10.5. The second-order valence-corrected chi connectivity index (χ2v) is 4.54. The van der Waals surface area contributed by atoms with E-state index in [0.717, 1.165) is 0 Å². The molecule has 0 heterocycles. The van der Waals surface area contributed by atoms with Crippen LogP contribution in [0.2, 0.25) is 0 Å². The fourth-order valence-corrected chi connectivity index (χ4v) is 1.29. The Labute approximate surface area is 70.4 Å². The zero-order valence-corrected chi connectivity index (χ0v) is 7.80. The van der Waals surface area contributed by atoms with Crippen molar-refractivity contribution in [2.45, 2.75) is 5.25 Å². The van der Waals surface area contributed by atoms with Gasteiger partial charge in [0.05, 0.1) is 0 Å². The van der Waals surface area contributed by atoms with Gasteiger partial charge in [0.25, 0.3) is 0 Å². The summed E-state index contributed by atoms with van der Waals surface area (Å²) in [6.45, 7) is 0. The van der Waals surface area contributed by atoms with Gasteiger partial charge in [-0.25, -0.2) is 8.42 Å². The molecule has 0 fully saturated rings. The first-order chi connectivity index (χ1) is 5.02. The summed E-state index contributed by atoms with van der Waals surface area (Å²) in [7, 11) is 4.37. The Hall–Kier alpha value is -0.420. The number of hydrogen-bond acceptors (Lipinski definition) is 4. The highest BCUT2D eigenvalue weighted by Gasteiger charge is 2.17. The Morgan fingerprint density at radius 3 is 1.82 bits per heavy atom. The molecule has 0 aromatic heterocycles. The minimum absolute atomic E-state index is 0.917. The maximum Gasteiger partial charge on any atom is 0.245 e. The van der Waals surface area contributed by atoms with Gasteiger partial charge in [-0.05, 0) is 0 Å². The van der Waals surface area contributed by atoms with E-state index in [1.165, 1.54) is 26.5 Å². The number of rotatable bonds is 3. The molecule has 0 unspecified atom stereocenters. The van der Waals surface area contributed by atoms with Crippen LogP contribution in [0.4, 0.5) is 0 Å². The molecule has 0 aliphatic rings. The SMILES string of the molecule is CN=CC(C=NC)S(=O)(=O)Cl. The van der Waals surface area contributed by atoms with E-state index in [1.54, 1.807) is 0 Å². The van der Waals surface area contributed by atoms with E-state index < -0.39 is 14.3 Å². The molecule has 0 aromatic carbocycles. The Morgan fingerprint density at radius 1 is 1.27 bits per heavy atom. The van der Waals surface area contributed by atoms with Crippen LogP contribution in [0.25, 0.3) is 0 Å². The second-order valence-electron chi connectivity index (χ2n) is 1.75. The predicted octanol–water partition coefficient (Wildman–Crippen LogP) is 0.325. The lowest BCUT2D eigenvalue weighted by Gasteiger charge is -1.98. The molecule has 0 saturated carbocycles. The lowest BCUT2D eigenvalue weighted by molar-refractivity contribution is 0.611. The quantitative estimate of drug-likeness (QED) is 0.482. The van der Waals surface area contributed by atoms with Crippen LogP contribution in [-0.4, -0.2) is 40.2 Å². The maximum atomic E-state index is 10.7. The third-order valence-corrected chi connectivity index (χ3v) is 2.43. The van der Waals surface area contributed by atoms with Gasteiger partial charge < -0.3 is 0 Å². The molecule has 0 aromatic rings. The van der Waals surface area contributed by atoms with Crippen molar-refractivity contribution in [3.8, 4) is 0 Å². The predicted molar refractivity (Wildman–Crippen MR) is 47.4 cm³/mol. The molecule has 64 valence electrons. The van der Waals surface area contributed by atoms with Crippen molar-refractivity contribution in [1.29, 1.82) is 0 Å². The molecule has 0 bridgehead atoms. The van der Waals surface area contributed by atoms with Crippen LogP contribution in [0, 0.1) is 0 Å². The summed E-state index contributed by atoms with van der Waals surface area (Å²) < 4.78 is 21.4. The van der Waals surface area contributed by atoms with Crippen LogP contribution >= 0.6 is 10.7 Å². The van der Waals surface area contributed by atoms with Crippen molar-refractivity contribution in [1.82, 2.24) is 0 Å². The van der Waals surface area contributed by atoms with Gasteiger partial charge >= 0.3 is 0 Å². The molecule has 0 atom stereocenters. The average Bonchev–Trinajstić information content (AvgIpc) is 1.85. The van der Waals surface area contributed by atoms with Crippen molar-refractivity contribution in [2.24, 2.45) is 9.98 Å². The molecular formula is C5H9ClN2O2S. The van der Waals surface area contributed by atoms with Crippen LogP contribution in [0.3, 0.4) is 0 Å². The summed E-state index contributed by atoms with van der Waals surface area (Å²) in [6, 6.07) is 0. The van der Waals surface area contributed by atoms with Gasteiger partial charge in [-0.1, -0.05) is 0 Å². The van der Waals surface area contributed by atoms with E-state index >= 15 is 0 Å². The van der Waals surface area contributed by atoms with Gasteiger partial charge in [0.1, 0.15) is 5.25 Å². The van der Waals surface area contributed by atoms with E-state index in [-0.39, 0.29) is 0 Å². The lowest BCUT2D eigenvalue weighted by Crippen LogP contribution is -2.19. The molecule has 0 aliphatic carbocycles. The minimum atomic E-state index is -3.62. The molecular weight excluding hydrogens is 188 g/mol. The van der Waals surface area contributed by atoms with Gasteiger partial charge in [-0.15, -0.1) is 0 Å². The summed E-state index contributed by atoms with van der Waals surface area (Å²) in [6.07, 6.45) is 2.44. The average molecular weight is 197 g/mol. The molecule has 0 radical (unpaired) electrons. The van der Waals surface area contributed by atoms with Gasteiger partial charge in [0, 0.05) is 37.2 Å². The van der Waals surface area contributed by atoms with E-state index in [9.17, 15) is 8.42 Å². The first-order valence-electron chi connectivity index (χ1n) is 2.80. The molecule has 0 rings (SSSR count). The topological polar surface area (TPSA) is 58.9 Å². The number of aliphatic imine (C=N–C) groups is 2. The summed E-state index contributed by atoms with van der Waals surface area (Å²) in [5.41, 5.74) is 0. The zero-order chi connectivity index (χ0) is 8.91. The fraction of sp³-hybridized carbons (Fsp3) is 0.600. The second kappa shape index (κ2) is 4.46. The molecule has 4 nitrogen and oxygen atoms in total. The highest BCUT2D eigenvalue weighted by Crippen LogP contribution is 2.02. The summed E-state index contributed by atoms with van der Waals surface area (Å²) >= 11 is 0. The van der Waals surface area contributed by atoms with Gasteiger partial charge in [0.15, 0.2) is 0 Å². The highest BCUT2D eigenvalue weighted by atomic mass is 35.7. The summed E-state index contributed by atoms with van der Waals surface area (Å²) in [5.74, 6) is 0. The number of halogens is 1. The standard InChI is InChI=1S/C5H9ClN2O2S/c1-7-3-5(4-8-2)11(6,9)10/h3-5H,1-2H3. The maximum absolute atomic E-state index is 10.7. The first-order valence-corrected chi connectivity index (χ1v) is 5.17. The zero-order valence-electron chi connectivity index (χ0n) is 6.23. The molecule has 0 amide bonds. The number of hydrogen-bond donors (Lipinski definition) is 0. The molecule has 11 heavy (non-hydrogen) atoms. The largest absolute Gasteiger partial charge is 0.299 e. The highest BCUT2D eigenvalue weighted by molar-refractivity contribution is 8.15. The Kier molecular flexibility index (Phi) is 4.29. The van der Waals surface area contributed by atoms with Gasteiger partial charge in [-0.3, -0.25) is 9.98 Å². The van der Waals surface area contributed by atoms with Crippen molar-refractivity contribution >= 4 is 32.2 Å². The van der Waals surface area contributed by atoms with Crippen LogP contribution in [0.1, 0.15) is 0 Å². The molecule has 0 saturated heterocycles. The normalized spacial score (nSPS) is 16.3. The molecule has 0 N–H and O–H groups in total. The Balaban J connectivity index is 4.62. The van der Waals surface area contributed by atoms with Crippen LogP contribution in [-0.2, 0) is 9.05 Å². The van der Waals surface area contributed by atoms with Crippen molar-refractivity contribution in [3.63, 3.8) is 0 Å². The third kappa shape index (κ3) is 4.10. The minimum Gasteiger partial charge on any atom is -0.299 e. The van der Waals surface area contributed by atoms with Gasteiger partial charge in [0.2, 0.25) is 9.05 Å². The van der Waals surface area contributed by atoms with E-state index in [1.807, 2.05) is 0 Å². The van der Waals surface area contributed by atoms with E-state index in [0.29, 0.717) is 0 Å². The van der Waals surface area contributed by atoms with Crippen molar-refractivity contribution in [2.75, 3.05) is 14.1 Å². The molecule has 0 aliphatic heterocycles. The first kappa shape index (κ1) is 10.6. The Morgan fingerprint density at radius 2 is 1.64 bits per heavy atom. The van der Waals surface area contributed by atoms with Gasteiger partial charge in [-0.2, -0.15) is 0 Å². The summed E-state index contributed by atoms with van der Waals surface area (Å²) in [5, 5.41) is -0.917. The number of nitrogens with zero attached hydrogens (tertiary/aromatic N) is 2. The van der Waals surface area contributed by atoms with Crippen LogP contribution in [0.5, 0.6) is 0 Å². The van der Waals surface area contributed by atoms with Crippen LogP contribution in [0.15, 0.2) is 9.98 Å². The molecule has 0 spiro atoms. The third-order valence-electron chi connectivity index (χ3n) is 0.917. The van der Waals surface area contributed by atoms with Crippen molar-refractivity contribution < 1.29 is 8.42 Å². The smallest absolute Gasteiger partial charge is 0.245 e. The Bertz CT molecular complexity index is 246. The molecule has 6 heteroatoms. The van der Waals surface area contributed by atoms with E-state index in [2.05, 4.69) is 9.98 Å². The fourth-order valence-electron chi connectivity index (χ4n) is 0.478.